The summed E-state index contributed by atoms with van der Waals surface area (Å²) >= 11 is 6.75. The molecule has 0 radical (unpaired) electrons. The predicted molar refractivity (Wildman–Crippen MR) is 82.8 cm³/mol. The molecule has 0 unspecified atom stereocenters. The van der Waals surface area contributed by atoms with Gasteiger partial charge in [-0.15, -0.1) is 0 Å². The molecule has 3 N–H and O–H groups in total. The highest BCUT2D eigenvalue weighted by atomic mass is 35.5. The smallest absolute Gasteiger partial charge is 0.342 e. The number of rotatable bonds is 5. The minimum atomic E-state index is -0.706. The zero-order valence-corrected chi connectivity index (χ0v) is 12.9. The highest BCUT2D eigenvalue weighted by Crippen LogP contribution is 2.27. The number of nitrogens with one attached hydrogen (secondary N) is 3. The van der Waals surface area contributed by atoms with Crippen molar-refractivity contribution in [2.75, 3.05) is 18.2 Å². The minimum absolute atomic E-state index is 0.00666. The molecular weight excluding hydrogens is 332 g/mol. The number of methoxy groups -OCH3 is 1. The lowest BCUT2D eigenvalue weighted by Crippen LogP contribution is -2.25. The number of aromatic amines is 2. The third-order valence-electron chi connectivity index (χ3n) is 2.46. The number of carbonyl (C=O) groups is 1. The minimum Gasteiger partial charge on any atom is -0.495 e. The molecule has 0 saturated heterocycles. The first-order valence-electron chi connectivity index (χ1n) is 5.95. The lowest BCUT2D eigenvalue weighted by atomic mass is 10.3. The van der Waals surface area contributed by atoms with Crippen LogP contribution in [0.3, 0.4) is 0 Å². The normalized spacial score (nSPS) is 10.3. The summed E-state index contributed by atoms with van der Waals surface area (Å²) in [5, 5.41) is 8.71. The highest BCUT2D eigenvalue weighted by molar-refractivity contribution is 7.99. The fraction of sp³-hybridized carbons (Fsp3) is 0.167. The third kappa shape index (κ3) is 4.12. The lowest BCUT2D eigenvalue weighted by molar-refractivity contribution is -0.113. The Morgan fingerprint density at radius 2 is 2.23 bits per heavy atom. The Labute approximate surface area is 133 Å². The summed E-state index contributed by atoms with van der Waals surface area (Å²) in [5.41, 5.74) is -0.937. The molecule has 1 aromatic heterocycles. The van der Waals surface area contributed by atoms with Gasteiger partial charge in [0.05, 0.1) is 18.6 Å². The molecule has 10 heteroatoms. The van der Waals surface area contributed by atoms with E-state index >= 15 is 0 Å². The summed E-state index contributed by atoms with van der Waals surface area (Å²) in [7, 11) is 1.47. The SMILES string of the molecule is COc1ccc(Cl)cc1NC(=O)CSc1n[nH]c(=O)[nH]c1=O. The number of anilines is 1. The van der Waals surface area contributed by atoms with Gasteiger partial charge in [0.25, 0.3) is 5.56 Å². The molecule has 22 heavy (non-hydrogen) atoms. The number of hydrogen-bond donors (Lipinski definition) is 3. The molecule has 1 amide bonds. The lowest BCUT2D eigenvalue weighted by Gasteiger charge is -2.10. The quantitative estimate of drug-likeness (QED) is 0.693. The van der Waals surface area contributed by atoms with Gasteiger partial charge in [-0.05, 0) is 18.2 Å². The van der Waals surface area contributed by atoms with Gasteiger partial charge in [0.2, 0.25) is 5.91 Å². The number of ether oxygens (including phenoxy) is 1. The van der Waals surface area contributed by atoms with Crippen molar-refractivity contribution in [3.63, 3.8) is 0 Å². The Bertz CT molecular complexity index is 804. The molecule has 2 rings (SSSR count). The van der Waals surface area contributed by atoms with Crippen LogP contribution in [0.5, 0.6) is 5.75 Å². The van der Waals surface area contributed by atoms with Gasteiger partial charge in [-0.2, -0.15) is 5.10 Å². The van der Waals surface area contributed by atoms with Crippen molar-refractivity contribution in [2.24, 2.45) is 0 Å². The number of benzene rings is 1. The number of nitrogens with zero attached hydrogens (tertiary/aromatic N) is 1. The summed E-state index contributed by atoms with van der Waals surface area (Å²) < 4.78 is 5.11. The van der Waals surface area contributed by atoms with E-state index in [9.17, 15) is 14.4 Å². The molecule has 116 valence electrons. The maximum atomic E-state index is 11.9. The van der Waals surface area contributed by atoms with Crippen LogP contribution < -0.4 is 21.3 Å². The average Bonchev–Trinajstić information content (AvgIpc) is 2.46. The Balaban J connectivity index is 2.03. The predicted octanol–water partition coefficient (Wildman–Crippen LogP) is 0.851. The van der Waals surface area contributed by atoms with Crippen molar-refractivity contribution in [2.45, 2.75) is 5.03 Å². The molecule has 0 aliphatic carbocycles. The molecule has 1 heterocycles. The fourth-order valence-electron chi connectivity index (χ4n) is 1.53. The van der Waals surface area contributed by atoms with Gasteiger partial charge in [-0.1, -0.05) is 23.4 Å². The second-order valence-corrected chi connectivity index (χ2v) is 5.39. The Kier molecular flexibility index (Phi) is 5.23. The van der Waals surface area contributed by atoms with Crippen LogP contribution in [-0.2, 0) is 4.79 Å². The molecule has 0 saturated carbocycles. The maximum Gasteiger partial charge on any atom is 0.342 e. The first-order chi connectivity index (χ1) is 10.5. The van der Waals surface area contributed by atoms with E-state index < -0.39 is 11.2 Å². The van der Waals surface area contributed by atoms with Gasteiger partial charge in [0.1, 0.15) is 5.75 Å². The molecule has 0 bridgehead atoms. The fourth-order valence-corrected chi connectivity index (χ4v) is 2.34. The van der Waals surface area contributed by atoms with Crippen molar-refractivity contribution in [1.82, 2.24) is 15.2 Å². The number of carbonyl (C=O) groups excluding carboxylic acids is 1. The summed E-state index contributed by atoms with van der Waals surface area (Å²) in [6.07, 6.45) is 0. The van der Waals surface area contributed by atoms with Crippen LogP contribution in [0.2, 0.25) is 5.02 Å². The van der Waals surface area contributed by atoms with E-state index in [1.807, 2.05) is 4.98 Å². The molecule has 0 spiro atoms. The van der Waals surface area contributed by atoms with Crippen molar-refractivity contribution in [3.8, 4) is 5.75 Å². The summed E-state index contributed by atoms with van der Waals surface area (Å²) in [5.74, 6) is 0.0124. The summed E-state index contributed by atoms with van der Waals surface area (Å²) in [4.78, 5) is 36.2. The second-order valence-electron chi connectivity index (χ2n) is 3.99. The van der Waals surface area contributed by atoms with E-state index in [0.717, 1.165) is 11.8 Å². The second kappa shape index (κ2) is 7.14. The molecule has 0 atom stereocenters. The monoisotopic (exact) mass is 342 g/mol. The number of aromatic nitrogens is 3. The first kappa shape index (κ1) is 16.1. The van der Waals surface area contributed by atoms with Crippen LogP contribution in [0.15, 0.2) is 32.8 Å². The van der Waals surface area contributed by atoms with Crippen molar-refractivity contribution >= 4 is 35.0 Å². The van der Waals surface area contributed by atoms with E-state index in [4.69, 9.17) is 16.3 Å². The van der Waals surface area contributed by atoms with E-state index in [2.05, 4.69) is 15.5 Å². The average molecular weight is 343 g/mol. The topological polar surface area (TPSA) is 117 Å². The number of thioether (sulfide) groups is 1. The maximum absolute atomic E-state index is 11.9. The van der Waals surface area contributed by atoms with Crippen molar-refractivity contribution < 1.29 is 9.53 Å². The van der Waals surface area contributed by atoms with E-state index in [1.54, 1.807) is 18.2 Å². The molecule has 0 fully saturated rings. The van der Waals surface area contributed by atoms with Crippen LogP contribution >= 0.6 is 23.4 Å². The zero-order chi connectivity index (χ0) is 16.1. The van der Waals surface area contributed by atoms with Gasteiger partial charge in [0.15, 0.2) is 5.03 Å². The molecule has 1 aromatic carbocycles. The molecular formula is C12H11ClN4O4S. The van der Waals surface area contributed by atoms with Gasteiger partial charge < -0.3 is 10.1 Å². The summed E-state index contributed by atoms with van der Waals surface area (Å²) in [6, 6.07) is 4.81. The Morgan fingerprint density at radius 3 is 2.91 bits per heavy atom. The Morgan fingerprint density at radius 1 is 1.45 bits per heavy atom. The number of hydrogen-bond acceptors (Lipinski definition) is 6. The van der Waals surface area contributed by atoms with Gasteiger partial charge in [0, 0.05) is 5.02 Å². The van der Waals surface area contributed by atoms with Gasteiger partial charge in [-0.3, -0.25) is 14.6 Å². The third-order valence-corrected chi connectivity index (χ3v) is 3.65. The van der Waals surface area contributed by atoms with Crippen LogP contribution in [0.25, 0.3) is 0 Å². The van der Waals surface area contributed by atoms with Crippen LogP contribution in [0.1, 0.15) is 0 Å². The van der Waals surface area contributed by atoms with E-state index in [-0.39, 0.29) is 16.7 Å². The van der Waals surface area contributed by atoms with Crippen LogP contribution in [-0.4, -0.2) is 34.0 Å². The first-order valence-corrected chi connectivity index (χ1v) is 7.31. The highest BCUT2D eigenvalue weighted by Gasteiger charge is 2.11. The zero-order valence-electron chi connectivity index (χ0n) is 11.3. The number of amides is 1. The molecule has 0 aliphatic rings. The van der Waals surface area contributed by atoms with E-state index in [1.165, 1.54) is 7.11 Å². The molecule has 2 aromatic rings. The van der Waals surface area contributed by atoms with E-state index in [0.29, 0.717) is 16.5 Å². The molecule has 0 aliphatic heterocycles. The van der Waals surface area contributed by atoms with Crippen LogP contribution in [0, 0.1) is 0 Å². The Hall–Kier alpha value is -2.26. The largest absolute Gasteiger partial charge is 0.495 e. The number of H-pyrrole nitrogens is 2. The van der Waals surface area contributed by atoms with Crippen LogP contribution in [0.4, 0.5) is 5.69 Å². The number of halogens is 1. The van der Waals surface area contributed by atoms with Crippen molar-refractivity contribution in [3.05, 3.63) is 44.1 Å². The van der Waals surface area contributed by atoms with Crippen molar-refractivity contribution in [1.29, 1.82) is 0 Å². The van der Waals surface area contributed by atoms with Gasteiger partial charge >= 0.3 is 5.69 Å². The van der Waals surface area contributed by atoms with Gasteiger partial charge in [-0.25, -0.2) is 9.89 Å². The molecule has 8 nitrogen and oxygen atoms in total. The summed E-state index contributed by atoms with van der Waals surface area (Å²) in [6.45, 7) is 0. The standard InChI is InChI=1S/C12H11ClN4O4S/c1-21-8-3-2-6(13)4-7(8)14-9(18)5-22-11-10(19)15-12(20)17-16-11/h2-4H,5H2,1H3,(H,14,18)(H2,15,17,19,20).